The van der Waals surface area contributed by atoms with Crippen molar-refractivity contribution in [3.8, 4) is 11.5 Å². The van der Waals surface area contributed by atoms with Crippen LogP contribution in [0, 0.1) is 0 Å². The Morgan fingerprint density at radius 1 is 1.12 bits per heavy atom. The number of hydrogen-bond donors (Lipinski definition) is 1. The van der Waals surface area contributed by atoms with E-state index < -0.39 is 17.9 Å². The molecule has 25 heavy (non-hydrogen) atoms. The van der Waals surface area contributed by atoms with Gasteiger partial charge in [0.1, 0.15) is 6.29 Å². The zero-order valence-electron chi connectivity index (χ0n) is 13.6. The number of methoxy groups -OCH3 is 1. The van der Waals surface area contributed by atoms with Crippen LogP contribution in [-0.4, -0.2) is 43.0 Å². The fraction of sp³-hybridized carbons (Fsp3) is 0.294. The third-order valence-corrected chi connectivity index (χ3v) is 2.93. The maximum absolute atomic E-state index is 11.8. The molecule has 8 heteroatoms. The second kappa shape index (κ2) is 10.6. The molecule has 0 amide bonds. The molecule has 134 valence electrons. The molecule has 0 aromatic heterocycles. The van der Waals surface area contributed by atoms with E-state index in [-0.39, 0.29) is 24.5 Å². The molecule has 1 N–H and O–H groups in total. The lowest BCUT2D eigenvalue weighted by atomic mass is 10.2. The van der Waals surface area contributed by atoms with E-state index >= 15 is 0 Å². The van der Waals surface area contributed by atoms with E-state index in [0.717, 1.165) is 6.08 Å². The highest BCUT2D eigenvalue weighted by atomic mass is 16.6. The summed E-state index contributed by atoms with van der Waals surface area (Å²) in [5.41, 5.74) is 0.399. The number of ether oxygens (including phenoxy) is 3. The van der Waals surface area contributed by atoms with Crippen LogP contribution in [0.1, 0.15) is 29.6 Å². The molecule has 0 aliphatic rings. The van der Waals surface area contributed by atoms with Gasteiger partial charge in [0.05, 0.1) is 13.7 Å². The third kappa shape index (κ3) is 7.78. The monoisotopic (exact) mass is 350 g/mol. The smallest absolute Gasteiger partial charge is 0.331 e. The van der Waals surface area contributed by atoms with Gasteiger partial charge in [-0.1, -0.05) is 0 Å². The first kappa shape index (κ1) is 19.9. The van der Waals surface area contributed by atoms with Gasteiger partial charge < -0.3 is 19.3 Å². The van der Waals surface area contributed by atoms with Crippen LogP contribution >= 0.6 is 0 Å². The van der Waals surface area contributed by atoms with E-state index in [0.29, 0.717) is 30.8 Å². The second-order valence-corrected chi connectivity index (χ2v) is 4.80. The summed E-state index contributed by atoms with van der Waals surface area (Å²) in [5, 5.41) is 8.35. The van der Waals surface area contributed by atoms with Gasteiger partial charge in [-0.15, -0.1) is 0 Å². The highest BCUT2D eigenvalue weighted by molar-refractivity contribution is 5.90. The van der Waals surface area contributed by atoms with E-state index in [1.165, 1.54) is 25.3 Å². The largest absolute Gasteiger partial charge is 0.493 e. The minimum atomic E-state index is -1.24. The minimum absolute atomic E-state index is 0.0629. The fourth-order valence-electron chi connectivity index (χ4n) is 1.75. The van der Waals surface area contributed by atoms with E-state index in [1.807, 2.05) is 0 Å². The number of aliphatic carboxylic acids is 1. The van der Waals surface area contributed by atoms with Crippen LogP contribution in [0.5, 0.6) is 11.5 Å². The van der Waals surface area contributed by atoms with Crippen LogP contribution in [0.4, 0.5) is 0 Å². The maximum atomic E-state index is 11.8. The fourth-order valence-corrected chi connectivity index (χ4v) is 1.75. The summed E-state index contributed by atoms with van der Waals surface area (Å²) in [6.07, 6.45) is 3.09. The van der Waals surface area contributed by atoms with Crippen molar-refractivity contribution in [1.82, 2.24) is 0 Å². The van der Waals surface area contributed by atoms with Gasteiger partial charge in [-0.2, -0.15) is 0 Å². The Hall–Kier alpha value is -3.16. The molecule has 1 rings (SSSR count). The summed E-state index contributed by atoms with van der Waals surface area (Å²) in [6.45, 7) is 0.0629. The topological polar surface area (TPSA) is 116 Å². The average molecular weight is 350 g/mol. The van der Waals surface area contributed by atoms with E-state index in [1.54, 1.807) is 0 Å². The molecular formula is C17H18O8. The molecule has 0 bridgehead atoms. The Balaban J connectivity index is 2.33. The van der Waals surface area contributed by atoms with Crippen LogP contribution in [0.2, 0.25) is 0 Å². The van der Waals surface area contributed by atoms with Gasteiger partial charge in [0, 0.05) is 24.1 Å². The highest BCUT2D eigenvalue weighted by Crippen LogP contribution is 2.28. The van der Waals surface area contributed by atoms with Gasteiger partial charge in [-0.25, -0.2) is 9.59 Å². The highest BCUT2D eigenvalue weighted by Gasteiger charge is 2.11. The predicted octanol–water partition coefficient (Wildman–Crippen LogP) is 1.77. The number of carbonyl (C=O) groups is 4. The minimum Gasteiger partial charge on any atom is -0.493 e. The first-order valence-corrected chi connectivity index (χ1v) is 7.38. The van der Waals surface area contributed by atoms with Crippen molar-refractivity contribution < 1.29 is 38.5 Å². The Bertz CT molecular complexity index is 663. The zero-order valence-corrected chi connectivity index (χ0v) is 13.6. The summed E-state index contributed by atoms with van der Waals surface area (Å²) < 4.78 is 15.0. The van der Waals surface area contributed by atoms with E-state index in [4.69, 9.17) is 19.3 Å². The summed E-state index contributed by atoms with van der Waals surface area (Å²) >= 11 is 0. The maximum Gasteiger partial charge on any atom is 0.331 e. The number of carbonyl (C=O) groups excluding carboxylic acids is 3. The molecular weight excluding hydrogens is 332 g/mol. The predicted molar refractivity (Wildman–Crippen MR) is 85.6 cm³/mol. The lowest BCUT2D eigenvalue weighted by Gasteiger charge is -2.09. The van der Waals surface area contributed by atoms with Crippen LogP contribution in [-0.2, 0) is 19.1 Å². The number of carboxylic acids is 1. The summed E-state index contributed by atoms with van der Waals surface area (Å²) in [6, 6.07) is 4.43. The second-order valence-electron chi connectivity index (χ2n) is 4.80. The average Bonchev–Trinajstić information content (AvgIpc) is 2.59. The van der Waals surface area contributed by atoms with Gasteiger partial charge >= 0.3 is 17.9 Å². The lowest BCUT2D eigenvalue weighted by molar-refractivity contribution is -0.139. The molecule has 0 radical (unpaired) electrons. The number of esters is 2. The molecule has 0 heterocycles. The lowest BCUT2D eigenvalue weighted by Crippen LogP contribution is -2.10. The van der Waals surface area contributed by atoms with Crippen molar-refractivity contribution in [2.24, 2.45) is 0 Å². The van der Waals surface area contributed by atoms with Crippen molar-refractivity contribution >= 4 is 24.2 Å². The van der Waals surface area contributed by atoms with Crippen LogP contribution in [0.15, 0.2) is 30.4 Å². The molecule has 0 saturated heterocycles. The molecule has 0 fully saturated rings. The molecule has 8 nitrogen and oxygen atoms in total. The number of benzene rings is 1. The van der Waals surface area contributed by atoms with E-state index in [9.17, 15) is 19.2 Å². The molecule has 0 spiro atoms. The van der Waals surface area contributed by atoms with Crippen molar-refractivity contribution in [3.05, 3.63) is 35.9 Å². The number of rotatable bonds is 10. The Morgan fingerprint density at radius 2 is 1.88 bits per heavy atom. The number of unbranched alkanes of at least 4 members (excludes halogenated alkanes) is 1. The molecule has 0 aliphatic carbocycles. The van der Waals surface area contributed by atoms with E-state index in [2.05, 4.69) is 0 Å². The van der Waals surface area contributed by atoms with Crippen LogP contribution < -0.4 is 9.47 Å². The summed E-state index contributed by atoms with van der Waals surface area (Å²) in [5.74, 6) is -2.00. The molecule has 1 aromatic rings. The van der Waals surface area contributed by atoms with Crippen molar-refractivity contribution in [3.63, 3.8) is 0 Å². The first-order chi connectivity index (χ1) is 12.0. The molecule has 1 aromatic carbocycles. The van der Waals surface area contributed by atoms with Gasteiger partial charge in [0.15, 0.2) is 11.5 Å². The number of carboxylic acid groups (broad SMARTS) is 1. The van der Waals surface area contributed by atoms with Crippen LogP contribution in [0.3, 0.4) is 0 Å². The van der Waals surface area contributed by atoms with Gasteiger partial charge in [0.25, 0.3) is 0 Å². The van der Waals surface area contributed by atoms with Gasteiger partial charge in [-0.05, 0) is 31.0 Å². The van der Waals surface area contributed by atoms with Gasteiger partial charge in [-0.3, -0.25) is 9.59 Å². The molecule has 0 aliphatic heterocycles. The summed E-state index contributed by atoms with van der Waals surface area (Å²) in [7, 11) is 1.40. The van der Waals surface area contributed by atoms with Gasteiger partial charge in [0.2, 0.25) is 0 Å². The number of hydrogen-bond acceptors (Lipinski definition) is 7. The Kier molecular flexibility index (Phi) is 8.42. The molecule has 0 saturated carbocycles. The summed E-state index contributed by atoms with van der Waals surface area (Å²) in [4.78, 5) is 43.8. The normalized spacial score (nSPS) is 10.3. The SMILES string of the molecule is COc1cc(C=O)ccc1OC(=O)CCCCOC(=O)/C=C/C(=O)O. The molecule has 0 atom stereocenters. The molecule has 0 unspecified atom stereocenters. The quantitative estimate of drug-likeness (QED) is 0.223. The van der Waals surface area contributed by atoms with Crippen molar-refractivity contribution in [2.45, 2.75) is 19.3 Å². The third-order valence-electron chi connectivity index (χ3n) is 2.93. The standard InChI is InChI=1S/C17H18O8/c1-23-14-10-12(11-18)5-6-13(14)25-17(22)4-2-3-9-24-16(21)8-7-15(19)20/h5-8,10-11H,2-4,9H2,1H3,(H,19,20)/b8-7+. The zero-order chi connectivity index (χ0) is 18.7. The number of aldehydes is 1. The van der Waals surface area contributed by atoms with Crippen LogP contribution in [0.25, 0.3) is 0 Å². The first-order valence-electron chi connectivity index (χ1n) is 7.38. The Morgan fingerprint density at radius 3 is 2.52 bits per heavy atom. The van der Waals surface area contributed by atoms with Crippen molar-refractivity contribution in [2.75, 3.05) is 13.7 Å². The Labute approximate surface area is 144 Å². The van der Waals surface area contributed by atoms with Crippen molar-refractivity contribution in [1.29, 1.82) is 0 Å².